The summed E-state index contributed by atoms with van der Waals surface area (Å²) in [4.78, 5) is 26.6. The molecule has 7 nitrogen and oxygen atoms in total. The average Bonchev–Trinajstić information content (AvgIpc) is 3.24. The number of halogens is 1. The van der Waals surface area contributed by atoms with E-state index in [2.05, 4.69) is 10.9 Å². The summed E-state index contributed by atoms with van der Waals surface area (Å²) in [6, 6.07) is 22.1. The number of nitrogens with zero attached hydrogens (tertiary/aromatic N) is 1. The lowest BCUT2D eigenvalue weighted by Gasteiger charge is -2.17. The van der Waals surface area contributed by atoms with Crippen LogP contribution in [0.3, 0.4) is 0 Å². The van der Waals surface area contributed by atoms with E-state index in [-0.39, 0.29) is 18.2 Å². The predicted molar refractivity (Wildman–Crippen MR) is 127 cm³/mol. The summed E-state index contributed by atoms with van der Waals surface area (Å²) in [6.45, 7) is 0.726. The minimum absolute atomic E-state index is 0.0981. The number of methoxy groups -OCH3 is 1. The van der Waals surface area contributed by atoms with Gasteiger partial charge in [0.05, 0.1) is 18.7 Å². The SMILES string of the molecule is COc1cc(NNC(=O)[C@H]2CC(=O)N(c3ccc(Cl)cc3)C2)ccc1OCc1ccccc1. The first-order chi connectivity index (χ1) is 16.0. The smallest absolute Gasteiger partial charge is 0.243 e. The Balaban J connectivity index is 1.33. The molecule has 33 heavy (non-hydrogen) atoms. The molecule has 1 heterocycles. The average molecular weight is 466 g/mol. The zero-order chi connectivity index (χ0) is 23.2. The topological polar surface area (TPSA) is 79.9 Å². The lowest BCUT2D eigenvalue weighted by Crippen LogP contribution is -2.36. The fraction of sp³-hybridized carbons (Fsp3) is 0.200. The zero-order valence-corrected chi connectivity index (χ0v) is 18.8. The zero-order valence-electron chi connectivity index (χ0n) is 18.1. The van der Waals surface area contributed by atoms with Crippen LogP contribution in [0.4, 0.5) is 11.4 Å². The normalized spacial score (nSPS) is 15.3. The van der Waals surface area contributed by atoms with Gasteiger partial charge in [0, 0.05) is 29.7 Å². The molecule has 2 N–H and O–H groups in total. The van der Waals surface area contributed by atoms with Crippen LogP contribution in [0, 0.1) is 5.92 Å². The Labute approximate surface area is 197 Å². The molecule has 3 aromatic rings. The van der Waals surface area contributed by atoms with Crippen molar-refractivity contribution < 1.29 is 19.1 Å². The maximum atomic E-state index is 12.6. The second-order valence-electron chi connectivity index (χ2n) is 7.64. The number of rotatable bonds is 8. The van der Waals surface area contributed by atoms with Crippen molar-refractivity contribution >= 4 is 34.8 Å². The molecule has 1 aliphatic heterocycles. The minimum Gasteiger partial charge on any atom is -0.493 e. The summed E-state index contributed by atoms with van der Waals surface area (Å²) in [5.41, 5.74) is 7.98. The van der Waals surface area contributed by atoms with Crippen LogP contribution in [-0.4, -0.2) is 25.5 Å². The van der Waals surface area contributed by atoms with E-state index in [1.54, 1.807) is 54.5 Å². The van der Waals surface area contributed by atoms with E-state index in [0.717, 1.165) is 11.3 Å². The molecule has 0 unspecified atom stereocenters. The Morgan fingerprint density at radius 2 is 1.82 bits per heavy atom. The molecule has 8 heteroatoms. The molecule has 0 aliphatic carbocycles. The first-order valence-electron chi connectivity index (χ1n) is 10.5. The molecule has 0 radical (unpaired) electrons. The molecule has 1 fully saturated rings. The van der Waals surface area contributed by atoms with E-state index in [9.17, 15) is 9.59 Å². The summed E-state index contributed by atoms with van der Waals surface area (Å²) >= 11 is 5.92. The number of ether oxygens (including phenoxy) is 2. The molecule has 170 valence electrons. The highest BCUT2D eigenvalue weighted by Crippen LogP contribution is 2.31. The van der Waals surface area contributed by atoms with Crippen LogP contribution in [0.1, 0.15) is 12.0 Å². The van der Waals surface area contributed by atoms with Crippen molar-refractivity contribution in [3.05, 3.63) is 83.4 Å². The molecule has 1 atom stereocenters. The van der Waals surface area contributed by atoms with Gasteiger partial charge in [-0.2, -0.15) is 0 Å². The Kier molecular flexibility index (Phi) is 7.00. The van der Waals surface area contributed by atoms with Crippen molar-refractivity contribution in [3.8, 4) is 11.5 Å². The van der Waals surface area contributed by atoms with Gasteiger partial charge in [-0.15, -0.1) is 0 Å². The summed E-state index contributed by atoms with van der Waals surface area (Å²) in [6.07, 6.45) is 0.145. The highest BCUT2D eigenvalue weighted by Gasteiger charge is 2.35. The number of benzene rings is 3. The van der Waals surface area contributed by atoms with Gasteiger partial charge >= 0.3 is 0 Å². The van der Waals surface area contributed by atoms with Gasteiger partial charge in [0.1, 0.15) is 6.61 Å². The van der Waals surface area contributed by atoms with Crippen LogP contribution in [0.2, 0.25) is 5.02 Å². The van der Waals surface area contributed by atoms with Crippen molar-refractivity contribution in [2.75, 3.05) is 24.0 Å². The van der Waals surface area contributed by atoms with E-state index in [1.807, 2.05) is 30.3 Å². The lowest BCUT2D eigenvalue weighted by molar-refractivity contribution is -0.125. The van der Waals surface area contributed by atoms with E-state index < -0.39 is 5.92 Å². The Hall–Kier alpha value is -3.71. The summed E-state index contributed by atoms with van der Waals surface area (Å²) in [5, 5.41) is 0.593. The largest absolute Gasteiger partial charge is 0.493 e. The van der Waals surface area contributed by atoms with Gasteiger partial charge in [-0.05, 0) is 42.0 Å². The molecule has 0 aromatic heterocycles. The first-order valence-corrected chi connectivity index (χ1v) is 10.9. The van der Waals surface area contributed by atoms with Gasteiger partial charge in [0.15, 0.2) is 11.5 Å². The number of hydrogen-bond acceptors (Lipinski definition) is 5. The monoisotopic (exact) mass is 465 g/mol. The van der Waals surface area contributed by atoms with Gasteiger partial charge < -0.3 is 14.4 Å². The molecular weight excluding hydrogens is 442 g/mol. The van der Waals surface area contributed by atoms with Gasteiger partial charge in [-0.1, -0.05) is 41.9 Å². The molecular formula is C25H24ClN3O4. The quantitative estimate of drug-likeness (QED) is 0.481. The van der Waals surface area contributed by atoms with Crippen molar-refractivity contribution in [2.24, 2.45) is 5.92 Å². The first kappa shape index (κ1) is 22.5. The third-order valence-electron chi connectivity index (χ3n) is 5.36. The molecule has 4 rings (SSSR count). The van der Waals surface area contributed by atoms with Gasteiger partial charge in [-0.25, -0.2) is 0 Å². The third kappa shape index (κ3) is 5.56. The van der Waals surface area contributed by atoms with Crippen LogP contribution in [0.5, 0.6) is 11.5 Å². The van der Waals surface area contributed by atoms with Crippen molar-refractivity contribution in [3.63, 3.8) is 0 Å². The Morgan fingerprint density at radius 3 is 2.55 bits per heavy atom. The Morgan fingerprint density at radius 1 is 1.06 bits per heavy atom. The number of carbonyl (C=O) groups excluding carboxylic acids is 2. The number of amides is 2. The summed E-state index contributed by atoms with van der Waals surface area (Å²) in [7, 11) is 1.56. The number of carbonyl (C=O) groups is 2. The second kappa shape index (κ2) is 10.3. The number of nitrogens with one attached hydrogen (secondary N) is 2. The van der Waals surface area contributed by atoms with Gasteiger partial charge in [0.2, 0.25) is 11.8 Å². The molecule has 1 aliphatic rings. The predicted octanol–water partition coefficient (Wildman–Crippen LogP) is 4.42. The molecule has 2 amide bonds. The van der Waals surface area contributed by atoms with E-state index in [0.29, 0.717) is 35.4 Å². The highest BCUT2D eigenvalue weighted by atomic mass is 35.5. The fourth-order valence-electron chi connectivity index (χ4n) is 3.59. The van der Waals surface area contributed by atoms with E-state index >= 15 is 0 Å². The van der Waals surface area contributed by atoms with Gasteiger partial charge in [-0.3, -0.25) is 20.4 Å². The molecule has 0 spiro atoms. The summed E-state index contributed by atoms with van der Waals surface area (Å²) in [5.74, 6) is 0.312. The van der Waals surface area contributed by atoms with Gasteiger partial charge in [0.25, 0.3) is 0 Å². The third-order valence-corrected chi connectivity index (χ3v) is 5.62. The Bertz CT molecular complexity index is 1120. The minimum atomic E-state index is -0.462. The van der Waals surface area contributed by atoms with Crippen LogP contribution >= 0.6 is 11.6 Å². The van der Waals surface area contributed by atoms with Crippen LogP contribution in [0.15, 0.2) is 72.8 Å². The number of hydrogen-bond donors (Lipinski definition) is 2. The van der Waals surface area contributed by atoms with Crippen LogP contribution < -0.4 is 25.2 Å². The number of anilines is 2. The second-order valence-corrected chi connectivity index (χ2v) is 8.07. The molecule has 0 saturated carbocycles. The molecule has 3 aromatic carbocycles. The fourth-order valence-corrected chi connectivity index (χ4v) is 3.72. The molecule has 1 saturated heterocycles. The van der Waals surface area contributed by atoms with Crippen LogP contribution in [0.25, 0.3) is 0 Å². The van der Waals surface area contributed by atoms with E-state index in [4.69, 9.17) is 21.1 Å². The van der Waals surface area contributed by atoms with Crippen molar-refractivity contribution in [1.82, 2.24) is 5.43 Å². The van der Waals surface area contributed by atoms with Crippen molar-refractivity contribution in [1.29, 1.82) is 0 Å². The molecule has 0 bridgehead atoms. The maximum absolute atomic E-state index is 12.6. The lowest BCUT2D eigenvalue weighted by atomic mass is 10.1. The standard InChI is InChI=1S/C25H24ClN3O4/c1-32-23-14-20(9-12-22(23)33-16-17-5-3-2-4-6-17)27-28-25(31)18-13-24(30)29(15-18)21-10-7-19(26)8-11-21/h2-12,14,18,27H,13,15-16H2,1H3,(H,28,31)/t18-/m0/s1. The highest BCUT2D eigenvalue weighted by molar-refractivity contribution is 6.30. The van der Waals surface area contributed by atoms with E-state index in [1.165, 1.54) is 0 Å². The van der Waals surface area contributed by atoms with Crippen LogP contribution in [-0.2, 0) is 16.2 Å². The maximum Gasteiger partial charge on any atom is 0.243 e. The summed E-state index contributed by atoms with van der Waals surface area (Å²) < 4.78 is 11.3. The number of hydrazine groups is 1. The van der Waals surface area contributed by atoms with Crippen molar-refractivity contribution in [2.45, 2.75) is 13.0 Å².